The molecule has 7 nitrogen and oxygen atoms in total. The molecule has 132 valence electrons. The fourth-order valence-corrected chi connectivity index (χ4v) is 2.82. The lowest BCUT2D eigenvalue weighted by Crippen LogP contribution is -2.46. The average Bonchev–Trinajstić information content (AvgIpc) is 2.98. The number of nitrogens with one attached hydrogen (secondary N) is 2. The summed E-state index contributed by atoms with van der Waals surface area (Å²) < 4.78 is 1.98. The highest BCUT2D eigenvalue weighted by Crippen LogP contribution is 2.12. The second-order valence-electron chi connectivity index (χ2n) is 5.87. The molecule has 0 aliphatic carbocycles. The molecule has 2 aromatic rings. The van der Waals surface area contributed by atoms with Crippen molar-refractivity contribution in [2.75, 3.05) is 7.05 Å². The molecule has 0 bridgehead atoms. The molecule has 1 aliphatic heterocycles. The number of guanidine groups is 1. The number of aryl methyl sites for hydroxylation is 2. The van der Waals surface area contributed by atoms with Crippen molar-refractivity contribution in [3.8, 4) is 6.07 Å². The third-order valence-corrected chi connectivity index (χ3v) is 4.07. The number of fused-ring (bicyclic) bond motifs is 1. The van der Waals surface area contributed by atoms with Crippen LogP contribution in [-0.4, -0.2) is 33.8 Å². The monoisotopic (exact) mass is 451 g/mol. The van der Waals surface area contributed by atoms with E-state index in [1.165, 1.54) is 0 Å². The van der Waals surface area contributed by atoms with Gasteiger partial charge in [-0.15, -0.1) is 24.0 Å². The maximum atomic E-state index is 8.83. The maximum Gasteiger partial charge on any atom is 0.191 e. The first-order valence-corrected chi connectivity index (χ1v) is 8.04. The lowest BCUT2D eigenvalue weighted by atomic mass is 10.1. The number of halogens is 1. The number of hydrogen-bond donors (Lipinski definition) is 2. The Kier molecular flexibility index (Phi) is 6.75. The number of benzene rings is 1. The summed E-state index contributed by atoms with van der Waals surface area (Å²) in [4.78, 5) is 8.72. The van der Waals surface area contributed by atoms with Gasteiger partial charge in [0.1, 0.15) is 11.6 Å². The van der Waals surface area contributed by atoms with Crippen LogP contribution in [0.4, 0.5) is 0 Å². The molecule has 0 radical (unpaired) electrons. The van der Waals surface area contributed by atoms with Crippen LogP contribution in [0.2, 0.25) is 0 Å². The van der Waals surface area contributed by atoms with Crippen molar-refractivity contribution in [2.45, 2.75) is 38.9 Å². The van der Waals surface area contributed by atoms with E-state index in [2.05, 4.69) is 31.8 Å². The molecule has 2 heterocycles. The van der Waals surface area contributed by atoms with Crippen LogP contribution in [0.15, 0.2) is 29.3 Å². The van der Waals surface area contributed by atoms with Gasteiger partial charge in [-0.1, -0.05) is 12.1 Å². The van der Waals surface area contributed by atoms with E-state index in [1.807, 2.05) is 35.9 Å². The third-order valence-electron chi connectivity index (χ3n) is 4.07. The summed E-state index contributed by atoms with van der Waals surface area (Å²) in [5, 5.41) is 20.0. The highest BCUT2D eigenvalue weighted by Gasteiger charge is 2.21. The first-order valence-electron chi connectivity index (χ1n) is 8.04. The normalized spacial score (nSPS) is 16.4. The van der Waals surface area contributed by atoms with Gasteiger partial charge in [0.2, 0.25) is 0 Å². The molecule has 25 heavy (non-hydrogen) atoms. The summed E-state index contributed by atoms with van der Waals surface area (Å²) in [6.45, 7) is 3.38. The van der Waals surface area contributed by atoms with Crippen LogP contribution >= 0.6 is 24.0 Å². The van der Waals surface area contributed by atoms with Gasteiger partial charge in [-0.3, -0.25) is 4.99 Å². The Hall–Kier alpha value is -2.15. The molecule has 0 amide bonds. The summed E-state index contributed by atoms with van der Waals surface area (Å²) in [6, 6.07) is 9.95. The Morgan fingerprint density at radius 1 is 1.40 bits per heavy atom. The van der Waals surface area contributed by atoms with Crippen LogP contribution in [0.3, 0.4) is 0 Å². The van der Waals surface area contributed by atoms with E-state index in [4.69, 9.17) is 5.26 Å². The van der Waals surface area contributed by atoms with Crippen LogP contribution in [0.1, 0.15) is 29.2 Å². The molecular formula is C17H22IN7. The number of aliphatic imine (C=N–C) groups is 1. The second kappa shape index (κ2) is 8.80. The van der Waals surface area contributed by atoms with E-state index in [-0.39, 0.29) is 30.0 Å². The van der Waals surface area contributed by atoms with Crippen molar-refractivity contribution in [1.82, 2.24) is 25.4 Å². The molecule has 0 saturated carbocycles. The highest BCUT2D eigenvalue weighted by molar-refractivity contribution is 14.0. The first kappa shape index (κ1) is 19.2. The van der Waals surface area contributed by atoms with E-state index < -0.39 is 0 Å². The molecule has 1 unspecified atom stereocenters. The van der Waals surface area contributed by atoms with E-state index in [0.29, 0.717) is 12.1 Å². The van der Waals surface area contributed by atoms with Gasteiger partial charge in [0.05, 0.1) is 18.2 Å². The summed E-state index contributed by atoms with van der Waals surface area (Å²) in [5.41, 5.74) is 1.78. The van der Waals surface area contributed by atoms with Crippen LogP contribution in [0.25, 0.3) is 0 Å². The Morgan fingerprint density at radius 2 is 2.16 bits per heavy atom. The zero-order valence-electron chi connectivity index (χ0n) is 14.4. The first-order chi connectivity index (χ1) is 11.7. The minimum atomic E-state index is 0. The quantitative estimate of drug-likeness (QED) is 0.422. The molecule has 0 spiro atoms. The average molecular weight is 451 g/mol. The molecule has 1 aliphatic rings. The van der Waals surface area contributed by atoms with Gasteiger partial charge in [0.15, 0.2) is 5.96 Å². The molecule has 8 heteroatoms. The Labute approximate surface area is 164 Å². The molecular weight excluding hydrogens is 429 g/mol. The largest absolute Gasteiger partial charge is 0.352 e. The summed E-state index contributed by atoms with van der Waals surface area (Å²) in [6.07, 6.45) is 1.93. The minimum absolute atomic E-state index is 0. The van der Waals surface area contributed by atoms with Crippen molar-refractivity contribution in [3.05, 3.63) is 47.0 Å². The standard InChI is InChI=1S/C17H21N7.HI/c1-12-21-16-8-7-15(11-24(16)23-12)22-17(19-2)20-10-14-5-3-13(9-18)4-6-14;/h3-6,15H,7-8,10-11H2,1-2H3,(H2,19,20,22);1H. The highest BCUT2D eigenvalue weighted by atomic mass is 127. The second-order valence-corrected chi connectivity index (χ2v) is 5.87. The maximum absolute atomic E-state index is 8.83. The molecule has 0 fully saturated rings. The van der Waals surface area contributed by atoms with Gasteiger partial charge >= 0.3 is 0 Å². The Bertz CT molecular complexity index is 773. The Morgan fingerprint density at radius 3 is 2.84 bits per heavy atom. The molecule has 1 aromatic carbocycles. The number of nitriles is 1. The van der Waals surface area contributed by atoms with Crippen LogP contribution < -0.4 is 10.6 Å². The van der Waals surface area contributed by atoms with Crippen molar-refractivity contribution >= 4 is 29.9 Å². The lowest BCUT2D eigenvalue weighted by Gasteiger charge is -2.25. The number of rotatable bonds is 3. The number of aromatic nitrogens is 3. The van der Waals surface area contributed by atoms with Crippen LogP contribution in [0, 0.1) is 18.3 Å². The van der Waals surface area contributed by atoms with E-state index in [9.17, 15) is 0 Å². The van der Waals surface area contributed by atoms with Gasteiger partial charge in [0, 0.05) is 26.1 Å². The molecule has 1 atom stereocenters. The topological polar surface area (TPSA) is 90.9 Å². The van der Waals surface area contributed by atoms with Crippen molar-refractivity contribution in [1.29, 1.82) is 5.26 Å². The van der Waals surface area contributed by atoms with Gasteiger partial charge in [-0.25, -0.2) is 9.67 Å². The molecule has 1 aromatic heterocycles. The zero-order valence-corrected chi connectivity index (χ0v) is 16.7. The van der Waals surface area contributed by atoms with E-state index in [0.717, 1.165) is 42.6 Å². The van der Waals surface area contributed by atoms with E-state index in [1.54, 1.807) is 7.05 Å². The fraction of sp³-hybridized carbons (Fsp3) is 0.412. The van der Waals surface area contributed by atoms with Crippen LogP contribution in [0.5, 0.6) is 0 Å². The molecule has 2 N–H and O–H groups in total. The van der Waals surface area contributed by atoms with Gasteiger partial charge in [-0.05, 0) is 31.0 Å². The van der Waals surface area contributed by atoms with Gasteiger partial charge in [-0.2, -0.15) is 10.4 Å². The van der Waals surface area contributed by atoms with E-state index >= 15 is 0 Å². The zero-order chi connectivity index (χ0) is 16.9. The number of nitrogens with zero attached hydrogens (tertiary/aromatic N) is 5. The predicted octanol–water partition coefficient (Wildman–Crippen LogP) is 1.76. The SMILES string of the molecule is CN=C(NCc1ccc(C#N)cc1)NC1CCc2nc(C)nn2C1.I. The number of hydrogen-bond acceptors (Lipinski definition) is 4. The lowest BCUT2D eigenvalue weighted by molar-refractivity contribution is 0.392. The van der Waals surface area contributed by atoms with Crippen molar-refractivity contribution in [2.24, 2.45) is 4.99 Å². The molecule has 0 saturated heterocycles. The van der Waals surface area contributed by atoms with Crippen molar-refractivity contribution < 1.29 is 0 Å². The molecule has 3 rings (SSSR count). The summed E-state index contributed by atoms with van der Waals surface area (Å²) in [7, 11) is 1.77. The fourth-order valence-electron chi connectivity index (χ4n) is 2.82. The van der Waals surface area contributed by atoms with Gasteiger partial charge < -0.3 is 10.6 Å². The van der Waals surface area contributed by atoms with Crippen molar-refractivity contribution in [3.63, 3.8) is 0 Å². The predicted molar refractivity (Wildman–Crippen MR) is 107 cm³/mol. The minimum Gasteiger partial charge on any atom is -0.352 e. The van der Waals surface area contributed by atoms with Gasteiger partial charge in [0.25, 0.3) is 0 Å². The summed E-state index contributed by atoms with van der Waals surface area (Å²) >= 11 is 0. The Balaban J connectivity index is 0.00000225. The summed E-state index contributed by atoms with van der Waals surface area (Å²) in [5.74, 6) is 2.66. The smallest absolute Gasteiger partial charge is 0.191 e. The van der Waals surface area contributed by atoms with Crippen LogP contribution in [-0.2, 0) is 19.5 Å². The third kappa shape index (κ3) is 4.92.